The van der Waals surface area contributed by atoms with E-state index in [2.05, 4.69) is 15.2 Å². The first-order valence-corrected chi connectivity index (χ1v) is 8.30. The van der Waals surface area contributed by atoms with Crippen LogP contribution in [0.4, 0.5) is 0 Å². The molecule has 1 aliphatic heterocycles. The highest BCUT2D eigenvalue weighted by Gasteiger charge is 2.24. The molecule has 5 nitrogen and oxygen atoms in total. The summed E-state index contributed by atoms with van der Waals surface area (Å²) in [7, 11) is 1.61. The number of carbonyl (C=O) groups excluding carboxylic acids is 1. The highest BCUT2D eigenvalue weighted by molar-refractivity contribution is 6.33. The van der Waals surface area contributed by atoms with Gasteiger partial charge in [-0.25, -0.2) is 4.98 Å². The van der Waals surface area contributed by atoms with Crippen molar-refractivity contribution in [2.75, 3.05) is 20.2 Å². The highest BCUT2D eigenvalue weighted by atomic mass is 35.5. The number of carbonyl (C=O) groups is 1. The number of nitrogens with zero attached hydrogens (tertiary/aromatic N) is 2. The van der Waals surface area contributed by atoms with Crippen LogP contribution < -0.4 is 10.1 Å². The smallest absolute Gasteiger partial charge is 0.253 e. The first-order valence-electron chi connectivity index (χ1n) is 7.92. The van der Waals surface area contributed by atoms with Gasteiger partial charge < -0.3 is 10.1 Å². The van der Waals surface area contributed by atoms with Crippen LogP contribution in [0.3, 0.4) is 0 Å². The zero-order valence-corrected chi connectivity index (χ0v) is 14.3. The number of likely N-dealkylation sites (tertiary alicyclic amines) is 1. The van der Waals surface area contributed by atoms with Crippen LogP contribution in [0.1, 0.15) is 22.3 Å². The van der Waals surface area contributed by atoms with Crippen LogP contribution >= 0.6 is 11.6 Å². The van der Waals surface area contributed by atoms with E-state index in [1.54, 1.807) is 19.2 Å². The van der Waals surface area contributed by atoms with E-state index in [4.69, 9.17) is 16.3 Å². The molecule has 0 radical (unpaired) electrons. The molecule has 1 saturated heterocycles. The zero-order chi connectivity index (χ0) is 16.9. The lowest BCUT2D eigenvalue weighted by atomic mass is 10.2. The first-order chi connectivity index (χ1) is 11.7. The fourth-order valence-corrected chi connectivity index (χ4v) is 3.11. The van der Waals surface area contributed by atoms with Gasteiger partial charge in [-0.3, -0.25) is 9.69 Å². The maximum atomic E-state index is 12.3. The minimum atomic E-state index is -0.112. The Bertz CT molecular complexity index is 706. The summed E-state index contributed by atoms with van der Waals surface area (Å²) in [6, 6.07) is 11.1. The molecule has 1 aliphatic rings. The summed E-state index contributed by atoms with van der Waals surface area (Å²) in [5.74, 6) is 0.503. The average molecular weight is 346 g/mol. The van der Waals surface area contributed by atoms with Gasteiger partial charge in [-0.05, 0) is 24.1 Å². The Morgan fingerprint density at radius 3 is 2.92 bits per heavy atom. The predicted molar refractivity (Wildman–Crippen MR) is 93.4 cm³/mol. The molecular weight excluding hydrogens is 326 g/mol. The van der Waals surface area contributed by atoms with E-state index in [0.29, 0.717) is 16.5 Å². The van der Waals surface area contributed by atoms with Crippen molar-refractivity contribution in [3.63, 3.8) is 0 Å². The number of hydrogen-bond acceptors (Lipinski definition) is 4. The zero-order valence-electron chi connectivity index (χ0n) is 13.5. The van der Waals surface area contributed by atoms with Crippen LogP contribution in [0.5, 0.6) is 5.88 Å². The summed E-state index contributed by atoms with van der Waals surface area (Å²) in [4.78, 5) is 18.8. The minimum Gasteiger partial charge on any atom is -0.481 e. The Labute approximate surface area is 146 Å². The van der Waals surface area contributed by atoms with Gasteiger partial charge in [-0.15, -0.1) is 0 Å². The Morgan fingerprint density at radius 2 is 2.21 bits per heavy atom. The number of amides is 1. The topological polar surface area (TPSA) is 54.5 Å². The van der Waals surface area contributed by atoms with E-state index in [1.807, 2.05) is 30.5 Å². The fraction of sp³-hybridized carbons (Fsp3) is 0.333. The van der Waals surface area contributed by atoms with Gasteiger partial charge in [0, 0.05) is 37.9 Å². The van der Waals surface area contributed by atoms with Crippen LogP contribution in [0.25, 0.3) is 0 Å². The van der Waals surface area contributed by atoms with Gasteiger partial charge in [0.2, 0.25) is 5.88 Å². The maximum absolute atomic E-state index is 12.3. The molecule has 0 saturated carbocycles. The summed E-state index contributed by atoms with van der Waals surface area (Å²) < 4.78 is 5.07. The molecule has 2 aromatic rings. The molecule has 6 heteroatoms. The molecule has 1 aromatic carbocycles. The second-order valence-corrected chi connectivity index (χ2v) is 6.29. The van der Waals surface area contributed by atoms with Gasteiger partial charge in [0.1, 0.15) is 0 Å². The average Bonchev–Trinajstić information content (AvgIpc) is 3.02. The summed E-state index contributed by atoms with van der Waals surface area (Å²) in [5.41, 5.74) is 1.66. The van der Waals surface area contributed by atoms with Crippen molar-refractivity contribution in [1.82, 2.24) is 15.2 Å². The Morgan fingerprint density at radius 1 is 1.38 bits per heavy atom. The van der Waals surface area contributed by atoms with Crippen LogP contribution in [0, 0.1) is 0 Å². The Kier molecular flexibility index (Phi) is 5.33. The minimum absolute atomic E-state index is 0.112. The number of rotatable bonds is 5. The van der Waals surface area contributed by atoms with Gasteiger partial charge in [0.25, 0.3) is 5.91 Å². The summed E-state index contributed by atoms with van der Waals surface area (Å²) in [5, 5.41) is 3.55. The highest BCUT2D eigenvalue weighted by Crippen LogP contribution is 2.18. The summed E-state index contributed by atoms with van der Waals surface area (Å²) >= 11 is 6.08. The molecular formula is C18H20ClN3O2. The van der Waals surface area contributed by atoms with Crippen molar-refractivity contribution in [3.8, 4) is 5.88 Å². The van der Waals surface area contributed by atoms with E-state index in [0.717, 1.165) is 31.6 Å². The molecule has 1 atom stereocenters. The molecule has 126 valence electrons. The number of aromatic nitrogens is 1. The van der Waals surface area contributed by atoms with Crippen LogP contribution in [0.2, 0.25) is 5.02 Å². The van der Waals surface area contributed by atoms with Crippen molar-refractivity contribution in [1.29, 1.82) is 0 Å². The van der Waals surface area contributed by atoms with Crippen LogP contribution in [-0.2, 0) is 6.54 Å². The van der Waals surface area contributed by atoms with Crippen molar-refractivity contribution in [2.24, 2.45) is 0 Å². The number of pyridine rings is 1. The predicted octanol–water partition coefficient (Wildman–Crippen LogP) is 2.75. The summed E-state index contributed by atoms with van der Waals surface area (Å²) in [6.07, 6.45) is 2.76. The van der Waals surface area contributed by atoms with Gasteiger partial charge in [0.15, 0.2) is 0 Å². The van der Waals surface area contributed by atoms with E-state index in [1.165, 1.54) is 0 Å². The second kappa shape index (κ2) is 7.64. The largest absolute Gasteiger partial charge is 0.481 e. The molecule has 0 spiro atoms. The van der Waals surface area contributed by atoms with Crippen LogP contribution in [-0.4, -0.2) is 42.0 Å². The number of benzene rings is 1. The van der Waals surface area contributed by atoms with Crippen molar-refractivity contribution in [2.45, 2.75) is 19.0 Å². The van der Waals surface area contributed by atoms with Gasteiger partial charge in [-0.1, -0.05) is 29.8 Å². The molecule has 0 bridgehead atoms. The number of ether oxygens (including phenoxy) is 1. The number of hydrogen-bond donors (Lipinski definition) is 1. The van der Waals surface area contributed by atoms with E-state index in [-0.39, 0.29) is 11.9 Å². The third-order valence-electron chi connectivity index (χ3n) is 4.14. The Hall–Kier alpha value is -2.11. The fourth-order valence-electron chi connectivity index (χ4n) is 2.89. The summed E-state index contributed by atoms with van der Waals surface area (Å²) in [6.45, 7) is 2.58. The maximum Gasteiger partial charge on any atom is 0.253 e. The SMILES string of the molecule is COc1ccc(CN2CC[C@H](NC(=O)c3ccccc3Cl)C2)cn1. The lowest BCUT2D eigenvalue weighted by molar-refractivity contribution is 0.0938. The number of halogens is 1. The van der Waals surface area contributed by atoms with E-state index in [9.17, 15) is 4.79 Å². The van der Waals surface area contributed by atoms with Crippen molar-refractivity contribution in [3.05, 3.63) is 58.7 Å². The molecule has 2 heterocycles. The number of methoxy groups -OCH3 is 1. The van der Waals surface area contributed by atoms with Crippen molar-refractivity contribution < 1.29 is 9.53 Å². The van der Waals surface area contributed by atoms with Gasteiger partial charge in [0.05, 0.1) is 17.7 Å². The lowest BCUT2D eigenvalue weighted by Gasteiger charge is -2.17. The lowest BCUT2D eigenvalue weighted by Crippen LogP contribution is -2.37. The number of nitrogens with one attached hydrogen (secondary N) is 1. The molecule has 0 unspecified atom stereocenters. The normalized spacial score (nSPS) is 17.7. The molecule has 1 aromatic heterocycles. The second-order valence-electron chi connectivity index (χ2n) is 5.88. The van der Waals surface area contributed by atoms with E-state index < -0.39 is 0 Å². The third kappa shape index (κ3) is 4.04. The molecule has 1 fully saturated rings. The molecule has 0 aliphatic carbocycles. The molecule has 3 rings (SSSR count). The monoisotopic (exact) mass is 345 g/mol. The van der Waals surface area contributed by atoms with Gasteiger partial charge in [-0.2, -0.15) is 0 Å². The molecule has 1 N–H and O–H groups in total. The molecule has 24 heavy (non-hydrogen) atoms. The van der Waals surface area contributed by atoms with E-state index >= 15 is 0 Å². The van der Waals surface area contributed by atoms with Gasteiger partial charge >= 0.3 is 0 Å². The van der Waals surface area contributed by atoms with Crippen LogP contribution in [0.15, 0.2) is 42.6 Å². The molecule has 1 amide bonds. The third-order valence-corrected chi connectivity index (χ3v) is 4.47. The van der Waals surface area contributed by atoms with Crippen molar-refractivity contribution >= 4 is 17.5 Å². The standard InChI is InChI=1S/C18H20ClN3O2/c1-24-17-7-6-13(10-20-17)11-22-9-8-14(12-22)21-18(23)15-4-2-3-5-16(15)19/h2-7,10,14H,8-9,11-12H2,1H3,(H,21,23)/t14-/m0/s1. The first kappa shape index (κ1) is 16.7. The quantitative estimate of drug-likeness (QED) is 0.905. The Balaban J connectivity index is 1.53.